The first kappa shape index (κ1) is 10.8. The number of hydrogen-bond acceptors (Lipinski definition) is 0. The maximum Gasteiger partial charge on any atom is -0.0201 e. The zero-order chi connectivity index (χ0) is 10.7. The Kier molecular flexibility index (Phi) is 3.29. The van der Waals surface area contributed by atoms with E-state index >= 15 is 0 Å². The quantitative estimate of drug-likeness (QED) is 0.643. The molecule has 1 aromatic carbocycles. The van der Waals surface area contributed by atoms with Gasteiger partial charge in [0, 0.05) is 0 Å². The Morgan fingerprint density at radius 1 is 1.21 bits per heavy atom. The van der Waals surface area contributed by atoms with Crippen molar-refractivity contribution < 1.29 is 0 Å². The molecule has 14 heavy (non-hydrogen) atoms. The van der Waals surface area contributed by atoms with Crippen LogP contribution in [0.3, 0.4) is 0 Å². The minimum atomic E-state index is 1.13. The average Bonchev–Trinajstić information content (AvgIpc) is 2.10. The Balaban J connectivity index is 3.32. The normalized spacial score (nSPS) is 10.9. The first-order valence-corrected chi connectivity index (χ1v) is 4.96. The van der Waals surface area contributed by atoms with Crippen LogP contribution in [0.5, 0.6) is 0 Å². The van der Waals surface area contributed by atoms with E-state index in [1.54, 1.807) is 0 Å². The molecule has 0 bridgehead atoms. The summed E-state index contributed by atoms with van der Waals surface area (Å²) in [6, 6.07) is 4.40. The summed E-state index contributed by atoms with van der Waals surface area (Å²) in [7, 11) is 0. The molecule has 0 heteroatoms. The Labute approximate surface area is 87.0 Å². The molecule has 0 radical (unpaired) electrons. The topological polar surface area (TPSA) is 0 Å². The van der Waals surface area contributed by atoms with Crippen molar-refractivity contribution in [3.8, 4) is 0 Å². The molecule has 0 aromatic heterocycles. The van der Waals surface area contributed by atoms with Gasteiger partial charge in [0.2, 0.25) is 0 Å². The Bertz CT molecular complexity index is 358. The third-order valence-electron chi connectivity index (χ3n) is 2.42. The SMILES string of the molecule is C=C(C)c1cc(C)c(/C=C/C)c(C)c1. The summed E-state index contributed by atoms with van der Waals surface area (Å²) in [6.07, 6.45) is 4.24. The van der Waals surface area contributed by atoms with Gasteiger partial charge in [-0.1, -0.05) is 36.4 Å². The van der Waals surface area contributed by atoms with E-state index in [4.69, 9.17) is 0 Å². The Morgan fingerprint density at radius 3 is 2.07 bits per heavy atom. The molecule has 0 saturated heterocycles. The highest BCUT2D eigenvalue weighted by molar-refractivity contribution is 5.67. The second-order valence-corrected chi connectivity index (χ2v) is 3.80. The molecule has 0 N–H and O–H groups in total. The van der Waals surface area contributed by atoms with Gasteiger partial charge >= 0.3 is 0 Å². The molecule has 0 nitrogen and oxygen atoms in total. The monoisotopic (exact) mass is 186 g/mol. The van der Waals surface area contributed by atoms with Crippen LogP contribution in [0.1, 0.15) is 36.1 Å². The lowest BCUT2D eigenvalue weighted by Crippen LogP contribution is -1.90. The fraction of sp³-hybridized carbons (Fsp3) is 0.286. The van der Waals surface area contributed by atoms with Gasteiger partial charge in [-0.05, 0) is 49.9 Å². The minimum Gasteiger partial charge on any atom is -0.0955 e. The molecule has 1 aromatic rings. The standard InChI is InChI=1S/C14H18/c1-6-7-14-11(4)8-13(10(2)3)9-12(14)5/h6-9H,2H2,1,3-5H3/b7-6+. The molecule has 0 spiro atoms. The van der Waals surface area contributed by atoms with Crippen molar-refractivity contribution in [1.29, 1.82) is 0 Å². The lowest BCUT2D eigenvalue weighted by atomic mass is 9.96. The van der Waals surface area contributed by atoms with Crippen molar-refractivity contribution in [3.63, 3.8) is 0 Å². The van der Waals surface area contributed by atoms with Gasteiger partial charge in [-0.25, -0.2) is 0 Å². The number of hydrogen-bond donors (Lipinski definition) is 0. The fourth-order valence-corrected chi connectivity index (χ4v) is 1.65. The van der Waals surface area contributed by atoms with Crippen molar-refractivity contribution in [2.45, 2.75) is 27.7 Å². The summed E-state index contributed by atoms with van der Waals surface area (Å²) < 4.78 is 0. The van der Waals surface area contributed by atoms with Crippen LogP contribution in [-0.4, -0.2) is 0 Å². The van der Waals surface area contributed by atoms with E-state index in [0.29, 0.717) is 0 Å². The largest absolute Gasteiger partial charge is 0.0955 e. The molecule has 0 aliphatic heterocycles. The van der Waals surface area contributed by atoms with Gasteiger partial charge in [-0.15, -0.1) is 0 Å². The third-order valence-corrected chi connectivity index (χ3v) is 2.42. The summed E-state index contributed by atoms with van der Waals surface area (Å²) in [5.41, 5.74) is 6.34. The molecule has 0 saturated carbocycles. The molecule has 0 heterocycles. The van der Waals surface area contributed by atoms with Crippen LogP contribution in [0.15, 0.2) is 24.8 Å². The summed E-state index contributed by atoms with van der Waals surface area (Å²) in [6.45, 7) is 12.4. The van der Waals surface area contributed by atoms with Gasteiger partial charge in [-0.3, -0.25) is 0 Å². The summed E-state index contributed by atoms with van der Waals surface area (Å²) in [5, 5.41) is 0. The predicted molar refractivity (Wildman–Crippen MR) is 65.3 cm³/mol. The minimum absolute atomic E-state index is 1.13. The third kappa shape index (κ3) is 2.14. The van der Waals surface area contributed by atoms with E-state index in [-0.39, 0.29) is 0 Å². The van der Waals surface area contributed by atoms with Crippen LogP contribution in [-0.2, 0) is 0 Å². The van der Waals surface area contributed by atoms with E-state index in [1.807, 2.05) is 13.8 Å². The fourth-order valence-electron chi connectivity index (χ4n) is 1.65. The van der Waals surface area contributed by atoms with E-state index in [2.05, 4.69) is 44.7 Å². The molecule has 0 unspecified atom stereocenters. The lowest BCUT2D eigenvalue weighted by Gasteiger charge is -2.09. The molecule has 74 valence electrons. The van der Waals surface area contributed by atoms with Crippen molar-refractivity contribution in [2.24, 2.45) is 0 Å². The smallest absolute Gasteiger partial charge is 0.0201 e. The van der Waals surface area contributed by atoms with Gasteiger partial charge in [0.1, 0.15) is 0 Å². The zero-order valence-corrected chi connectivity index (χ0v) is 9.52. The van der Waals surface area contributed by atoms with Crippen molar-refractivity contribution >= 4 is 11.6 Å². The van der Waals surface area contributed by atoms with E-state index in [0.717, 1.165) is 5.57 Å². The van der Waals surface area contributed by atoms with Crippen LogP contribution in [0.4, 0.5) is 0 Å². The Hall–Kier alpha value is -1.30. The summed E-state index contributed by atoms with van der Waals surface area (Å²) in [5.74, 6) is 0. The second-order valence-electron chi connectivity index (χ2n) is 3.80. The molecular weight excluding hydrogens is 168 g/mol. The molecule has 0 atom stereocenters. The highest BCUT2D eigenvalue weighted by atomic mass is 14.1. The number of benzene rings is 1. The number of aryl methyl sites for hydroxylation is 2. The van der Waals surface area contributed by atoms with E-state index in [1.165, 1.54) is 22.3 Å². The van der Waals surface area contributed by atoms with Crippen LogP contribution in [0, 0.1) is 13.8 Å². The van der Waals surface area contributed by atoms with Gasteiger partial charge < -0.3 is 0 Å². The zero-order valence-electron chi connectivity index (χ0n) is 9.52. The van der Waals surface area contributed by atoms with Crippen LogP contribution in [0.25, 0.3) is 11.6 Å². The molecule has 0 aliphatic carbocycles. The summed E-state index contributed by atoms with van der Waals surface area (Å²) in [4.78, 5) is 0. The summed E-state index contributed by atoms with van der Waals surface area (Å²) >= 11 is 0. The lowest BCUT2D eigenvalue weighted by molar-refractivity contribution is 1.33. The maximum absolute atomic E-state index is 3.97. The number of allylic oxidation sites excluding steroid dienone is 2. The van der Waals surface area contributed by atoms with Crippen molar-refractivity contribution in [2.75, 3.05) is 0 Å². The van der Waals surface area contributed by atoms with E-state index in [9.17, 15) is 0 Å². The average molecular weight is 186 g/mol. The molecular formula is C14H18. The van der Waals surface area contributed by atoms with Gasteiger partial charge in [-0.2, -0.15) is 0 Å². The van der Waals surface area contributed by atoms with Crippen LogP contribution < -0.4 is 0 Å². The van der Waals surface area contributed by atoms with Crippen molar-refractivity contribution in [1.82, 2.24) is 0 Å². The first-order chi connectivity index (χ1) is 6.56. The molecule has 1 rings (SSSR count). The molecule has 0 fully saturated rings. The van der Waals surface area contributed by atoms with Gasteiger partial charge in [0.15, 0.2) is 0 Å². The second kappa shape index (κ2) is 4.28. The van der Waals surface area contributed by atoms with Crippen LogP contribution in [0.2, 0.25) is 0 Å². The van der Waals surface area contributed by atoms with E-state index < -0.39 is 0 Å². The molecule has 0 aliphatic rings. The highest BCUT2D eigenvalue weighted by Crippen LogP contribution is 2.21. The van der Waals surface area contributed by atoms with Gasteiger partial charge in [0.25, 0.3) is 0 Å². The van der Waals surface area contributed by atoms with Crippen LogP contribution >= 0.6 is 0 Å². The highest BCUT2D eigenvalue weighted by Gasteiger charge is 2.02. The van der Waals surface area contributed by atoms with Gasteiger partial charge in [0.05, 0.1) is 0 Å². The van der Waals surface area contributed by atoms with Crippen molar-refractivity contribution in [3.05, 3.63) is 47.0 Å². The maximum atomic E-state index is 3.97. The first-order valence-electron chi connectivity index (χ1n) is 4.96. The molecule has 0 amide bonds. The Morgan fingerprint density at radius 2 is 1.71 bits per heavy atom. The predicted octanol–water partition coefficient (Wildman–Crippen LogP) is 4.37. The number of rotatable bonds is 2.